The van der Waals surface area contributed by atoms with Crippen molar-refractivity contribution in [3.8, 4) is 0 Å². The van der Waals surface area contributed by atoms with Crippen LogP contribution in [0.2, 0.25) is 10.0 Å². The molecule has 3 amide bonds. The predicted molar refractivity (Wildman–Crippen MR) is 163 cm³/mol. The van der Waals surface area contributed by atoms with Gasteiger partial charge in [0, 0.05) is 27.8 Å². The van der Waals surface area contributed by atoms with Crippen molar-refractivity contribution in [3.63, 3.8) is 0 Å². The van der Waals surface area contributed by atoms with Crippen molar-refractivity contribution in [1.82, 2.24) is 10.6 Å². The Morgan fingerprint density at radius 2 is 1.56 bits per heavy atom. The largest absolute Gasteiger partial charge is 0.466 e. The molecule has 3 N–H and O–H groups in total. The standard InChI is InChI=1S/C32H33Cl2N3O4/c1-2-41-29(38)16-17-35-31(39)25-14-12-24(13-15-25)30(37-32(40)36-28-19-26(33)18-27(34)20-28)23-10-8-22(9-11-23)21-6-4-3-5-7-21/h6,8-15,18-20,30H,2-5,7,16-17H2,1H3,(H,35,39)(H2,36,37,40). The van der Waals surface area contributed by atoms with E-state index >= 15 is 0 Å². The van der Waals surface area contributed by atoms with Gasteiger partial charge in [-0.15, -0.1) is 0 Å². The quantitative estimate of drug-likeness (QED) is 0.211. The smallest absolute Gasteiger partial charge is 0.319 e. The molecular weight excluding hydrogens is 561 g/mol. The highest BCUT2D eigenvalue weighted by Crippen LogP contribution is 2.30. The highest BCUT2D eigenvalue weighted by Gasteiger charge is 2.19. The summed E-state index contributed by atoms with van der Waals surface area (Å²) in [6, 6.07) is 19.1. The second-order valence-electron chi connectivity index (χ2n) is 9.72. The van der Waals surface area contributed by atoms with Gasteiger partial charge >= 0.3 is 12.0 Å². The topological polar surface area (TPSA) is 96.5 Å². The first-order valence-electron chi connectivity index (χ1n) is 13.7. The SMILES string of the molecule is CCOC(=O)CCNC(=O)c1ccc(C(NC(=O)Nc2cc(Cl)cc(Cl)c2)c2ccc(C3=CCCCC3)cc2)cc1. The second-order valence-corrected chi connectivity index (χ2v) is 10.6. The van der Waals surface area contributed by atoms with E-state index in [1.165, 1.54) is 24.0 Å². The maximum absolute atomic E-state index is 13.1. The zero-order chi connectivity index (χ0) is 29.2. The Morgan fingerprint density at radius 3 is 2.17 bits per heavy atom. The van der Waals surface area contributed by atoms with Gasteiger partial charge in [0.05, 0.1) is 19.1 Å². The number of urea groups is 1. The van der Waals surface area contributed by atoms with E-state index in [9.17, 15) is 14.4 Å². The molecule has 3 aromatic carbocycles. The van der Waals surface area contributed by atoms with Crippen molar-refractivity contribution in [2.45, 2.75) is 45.1 Å². The molecular formula is C32H33Cl2N3O4. The molecule has 9 heteroatoms. The minimum Gasteiger partial charge on any atom is -0.466 e. The Hall–Kier alpha value is -3.81. The molecule has 0 aromatic heterocycles. The van der Waals surface area contributed by atoms with Crippen LogP contribution in [0.3, 0.4) is 0 Å². The molecule has 0 fully saturated rings. The van der Waals surface area contributed by atoms with E-state index in [2.05, 4.69) is 34.2 Å². The van der Waals surface area contributed by atoms with Crippen LogP contribution >= 0.6 is 23.2 Å². The summed E-state index contributed by atoms with van der Waals surface area (Å²) in [4.78, 5) is 37.2. The van der Waals surface area contributed by atoms with Crippen molar-refractivity contribution in [1.29, 1.82) is 0 Å². The van der Waals surface area contributed by atoms with Gasteiger partial charge in [0.1, 0.15) is 0 Å². The fourth-order valence-corrected chi connectivity index (χ4v) is 5.24. The lowest BCUT2D eigenvalue weighted by atomic mass is 9.91. The maximum Gasteiger partial charge on any atom is 0.319 e. The van der Waals surface area contributed by atoms with E-state index in [4.69, 9.17) is 27.9 Å². The third-order valence-electron chi connectivity index (χ3n) is 6.73. The molecule has 4 rings (SSSR count). The van der Waals surface area contributed by atoms with Crippen LogP contribution in [0.5, 0.6) is 0 Å². The molecule has 3 aromatic rings. The Kier molecular flexibility index (Phi) is 10.8. The van der Waals surface area contributed by atoms with Crippen LogP contribution < -0.4 is 16.0 Å². The van der Waals surface area contributed by atoms with Crippen LogP contribution in [0.4, 0.5) is 10.5 Å². The van der Waals surface area contributed by atoms with E-state index < -0.39 is 12.1 Å². The summed E-state index contributed by atoms with van der Waals surface area (Å²) in [6.45, 7) is 2.22. The number of nitrogens with one attached hydrogen (secondary N) is 3. The van der Waals surface area contributed by atoms with Crippen LogP contribution in [-0.2, 0) is 9.53 Å². The number of allylic oxidation sites excluding steroid dienone is 2. The van der Waals surface area contributed by atoms with Crippen molar-refractivity contribution < 1.29 is 19.1 Å². The highest BCUT2D eigenvalue weighted by molar-refractivity contribution is 6.35. The van der Waals surface area contributed by atoms with Crippen LogP contribution in [-0.4, -0.2) is 31.1 Å². The number of amides is 3. The zero-order valence-corrected chi connectivity index (χ0v) is 24.4. The molecule has 0 bridgehead atoms. The summed E-state index contributed by atoms with van der Waals surface area (Å²) < 4.78 is 4.89. The second kappa shape index (κ2) is 14.7. The first-order valence-corrected chi connectivity index (χ1v) is 14.4. The summed E-state index contributed by atoms with van der Waals surface area (Å²) in [6.07, 6.45) is 6.97. The average Bonchev–Trinajstić information content (AvgIpc) is 2.96. The average molecular weight is 595 g/mol. The van der Waals surface area contributed by atoms with E-state index in [0.29, 0.717) is 27.9 Å². The van der Waals surface area contributed by atoms with Gasteiger partial charge in [-0.25, -0.2) is 4.79 Å². The number of halogens is 2. The summed E-state index contributed by atoms with van der Waals surface area (Å²) in [5.74, 6) is -0.660. The Bertz CT molecular complexity index is 1390. The molecule has 7 nitrogen and oxygen atoms in total. The zero-order valence-electron chi connectivity index (χ0n) is 22.8. The predicted octanol–water partition coefficient (Wildman–Crippen LogP) is 7.54. The van der Waals surface area contributed by atoms with Gasteiger partial charge < -0.3 is 20.7 Å². The number of rotatable bonds is 10. The van der Waals surface area contributed by atoms with Crippen LogP contribution in [0.25, 0.3) is 5.57 Å². The van der Waals surface area contributed by atoms with E-state index in [1.807, 2.05) is 12.1 Å². The summed E-state index contributed by atoms with van der Waals surface area (Å²) in [5, 5.41) is 9.39. The summed E-state index contributed by atoms with van der Waals surface area (Å²) in [5.41, 5.74) is 5.11. The maximum atomic E-state index is 13.1. The number of benzene rings is 3. The summed E-state index contributed by atoms with van der Waals surface area (Å²) >= 11 is 12.2. The van der Waals surface area contributed by atoms with Gasteiger partial charge in [0.25, 0.3) is 5.91 Å². The Balaban J connectivity index is 1.52. The molecule has 0 radical (unpaired) electrons. The van der Waals surface area contributed by atoms with Gasteiger partial charge in [-0.05, 0) is 85.2 Å². The van der Waals surface area contributed by atoms with Crippen molar-refractivity contribution in [3.05, 3.63) is 105 Å². The number of carbonyl (C=O) groups excluding carboxylic acids is 3. The van der Waals surface area contributed by atoms with Crippen LogP contribution in [0.1, 0.15) is 72.1 Å². The Labute approximate surface area is 250 Å². The fraction of sp³-hybridized carbons (Fsp3) is 0.281. The molecule has 0 aliphatic heterocycles. The molecule has 214 valence electrons. The van der Waals surface area contributed by atoms with Crippen LogP contribution in [0.15, 0.2) is 72.8 Å². The van der Waals surface area contributed by atoms with E-state index in [1.54, 1.807) is 49.4 Å². The number of ether oxygens (including phenoxy) is 1. The monoisotopic (exact) mass is 593 g/mol. The molecule has 0 saturated heterocycles. The third kappa shape index (κ3) is 8.84. The normalized spacial score (nSPS) is 13.5. The molecule has 41 heavy (non-hydrogen) atoms. The minimum atomic E-state index is -0.500. The lowest BCUT2D eigenvalue weighted by Gasteiger charge is -2.21. The van der Waals surface area contributed by atoms with Crippen molar-refractivity contribution in [2.75, 3.05) is 18.5 Å². The van der Waals surface area contributed by atoms with Gasteiger partial charge in [-0.2, -0.15) is 0 Å². The van der Waals surface area contributed by atoms with Crippen LogP contribution in [0, 0.1) is 0 Å². The molecule has 1 aliphatic carbocycles. The number of esters is 1. The molecule has 1 unspecified atom stereocenters. The number of hydrogen-bond acceptors (Lipinski definition) is 4. The number of anilines is 1. The molecule has 1 aliphatic rings. The molecule has 0 saturated carbocycles. The van der Waals surface area contributed by atoms with Gasteiger partial charge in [-0.1, -0.05) is 65.7 Å². The first-order chi connectivity index (χ1) is 19.8. The molecule has 0 heterocycles. The fourth-order valence-electron chi connectivity index (χ4n) is 4.71. The first kappa shape index (κ1) is 30.2. The lowest BCUT2D eigenvalue weighted by Crippen LogP contribution is -2.33. The van der Waals surface area contributed by atoms with E-state index in [-0.39, 0.29) is 24.8 Å². The number of carbonyl (C=O) groups is 3. The van der Waals surface area contributed by atoms with Gasteiger partial charge in [0.15, 0.2) is 0 Å². The van der Waals surface area contributed by atoms with Crippen molar-refractivity contribution >= 4 is 52.4 Å². The third-order valence-corrected chi connectivity index (χ3v) is 7.16. The molecule has 1 atom stereocenters. The molecule has 0 spiro atoms. The number of hydrogen-bond donors (Lipinski definition) is 3. The highest BCUT2D eigenvalue weighted by atomic mass is 35.5. The van der Waals surface area contributed by atoms with E-state index in [0.717, 1.165) is 24.0 Å². The van der Waals surface area contributed by atoms with Crippen molar-refractivity contribution in [2.24, 2.45) is 0 Å². The Morgan fingerprint density at radius 1 is 0.902 bits per heavy atom. The summed E-state index contributed by atoms with van der Waals surface area (Å²) in [7, 11) is 0. The minimum absolute atomic E-state index is 0.101. The lowest BCUT2D eigenvalue weighted by molar-refractivity contribution is -0.142. The van der Waals surface area contributed by atoms with Gasteiger partial charge in [-0.3, -0.25) is 9.59 Å². The van der Waals surface area contributed by atoms with Gasteiger partial charge in [0.2, 0.25) is 0 Å².